The maximum absolute atomic E-state index is 10.6. The molecule has 388 valence electrons. The summed E-state index contributed by atoms with van der Waals surface area (Å²) in [6, 6.07) is 0. The van der Waals surface area contributed by atoms with Crippen LogP contribution < -0.4 is 8.69 Å². The summed E-state index contributed by atoms with van der Waals surface area (Å²) in [6.45, 7) is 6.89. The van der Waals surface area contributed by atoms with E-state index >= 15 is 0 Å². The van der Waals surface area contributed by atoms with Crippen molar-refractivity contribution in [1.82, 2.24) is 18.7 Å². The Hall–Kier alpha value is -1.86. The average Bonchev–Trinajstić information content (AvgIpc) is 3.98. The predicted octanol–water partition coefficient (Wildman–Crippen LogP) is 11.8. The van der Waals surface area contributed by atoms with Gasteiger partial charge in [0.1, 0.15) is 12.4 Å². The number of hydrogen-bond donors (Lipinski definition) is 2. The number of H-pyrrole nitrogens is 1. The fourth-order valence-corrected chi connectivity index (χ4v) is 14.6. The molecule has 0 radical (unpaired) electrons. The Balaban J connectivity index is 0.000000471. The zero-order chi connectivity index (χ0) is 48.5. The number of sulfonamides is 4. The minimum atomic E-state index is -3.65. The Morgan fingerprint density at radius 3 is 1.15 bits per heavy atom. The van der Waals surface area contributed by atoms with E-state index in [1.807, 2.05) is 25.0 Å². The molecule has 0 aromatic carbocycles. The fourth-order valence-electron chi connectivity index (χ4n) is 7.95. The highest BCUT2D eigenvalue weighted by Crippen LogP contribution is 2.19. The summed E-state index contributed by atoms with van der Waals surface area (Å²) in [5, 5.41) is 0. The number of aromatic nitrogens is 4. The normalized spacial score (nSPS) is 16.8. The molecule has 0 saturated carbocycles. The van der Waals surface area contributed by atoms with Crippen molar-refractivity contribution < 1.29 is 38.2 Å². The van der Waals surface area contributed by atoms with E-state index in [0.29, 0.717) is 0 Å². The Bertz CT molecular complexity index is 1630. The largest absolute Gasteiger partial charge is 0.436 e. The number of hydrogen-bond acceptors (Lipinski definition) is 9. The summed E-state index contributed by atoms with van der Waals surface area (Å²) < 4.78 is 93.1. The van der Waals surface area contributed by atoms with E-state index in [4.69, 9.17) is 0 Å². The lowest BCUT2D eigenvalue weighted by molar-refractivity contribution is -0.696. The van der Waals surface area contributed by atoms with Crippen LogP contribution in [0.1, 0.15) is 232 Å². The van der Waals surface area contributed by atoms with Crippen LogP contribution in [0.4, 0.5) is 0 Å². The zero-order valence-corrected chi connectivity index (χ0v) is 44.7. The van der Waals surface area contributed by atoms with Crippen LogP contribution in [0, 0.1) is 0 Å². The second-order valence-electron chi connectivity index (χ2n) is 18.3. The van der Waals surface area contributed by atoms with Crippen LogP contribution in [0.25, 0.3) is 4.13 Å². The molecular weight excluding hydrogens is 917 g/mol. The highest BCUT2D eigenvalue weighted by atomic mass is 32.3. The third-order valence-electron chi connectivity index (χ3n) is 11.8. The molecule has 4 heterocycles. The number of aryl methyl sites for hydroxylation is 2. The summed E-state index contributed by atoms with van der Waals surface area (Å²) >= 11 is 0. The van der Waals surface area contributed by atoms with Crippen LogP contribution in [0.3, 0.4) is 0 Å². The second kappa shape index (κ2) is 39.9. The highest BCUT2D eigenvalue weighted by molar-refractivity contribution is 8.12. The SMILES string of the molecule is CCCCCCCCCCCCCCCCCC[n+]1cc[nH]c1.CCCCCCCCCCCCCCCCCCn1ccnc1.O=S1(=O)CCCS(=O)(=O)N1.O=S1(=O)CCCS(=O)(=O)[N-]1. The molecule has 0 atom stereocenters. The van der Waals surface area contributed by atoms with E-state index in [2.05, 4.69) is 49.5 Å². The second-order valence-corrected chi connectivity index (χ2v) is 26.0. The first-order chi connectivity index (χ1) is 31.7. The molecule has 0 unspecified atom stereocenters. The van der Waals surface area contributed by atoms with E-state index in [-0.39, 0.29) is 35.9 Å². The number of unbranched alkanes of at least 4 members (excludes halogenated alkanes) is 30. The molecule has 2 aliphatic heterocycles. The van der Waals surface area contributed by atoms with Crippen LogP contribution in [0.15, 0.2) is 37.4 Å². The Labute approximate surface area is 404 Å². The molecule has 2 aromatic heterocycles. The molecule has 4 rings (SSSR count). The van der Waals surface area contributed by atoms with E-state index in [9.17, 15) is 33.7 Å². The average molecular weight is 1010 g/mol. The van der Waals surface area contributed by atoms with Gasteiger partial charge in [0.25, 0.3) is 0 Å². The van der Waals surface area contributed by atoms with Gasteiger partial charge in [-0.15, -0.1) is 4.13 Å². The van der Waals surface area contributed by atoms with Gasteiger partial charge in [0.15, 0.2) is 0 Å². The Morgan fingerprint density at radius 2 is 0.864 bits per heavy atom. The molecule has 0 spiro atoms. The summed E-state index contributed by atoms with van der Waals surface area (Å²) in [4.78, 5) is 7.17. The van der Waals surface area contributed by atoms with Crippen LogP contribution >= 0.6 is 0 Å². The van der Waals surface area contributed by atoms with Gasteiger partial charge in [0, 0.05) is 30.4 Å². The standard InChI is InChI=1S/2C21H40N2.C3H7NO4S2.C3H6NO4S2/c2*1-2-3-4-5-6-7-8-9-10-11-12-13-14-15-16-17-19-23-20-18-22-21-23;2*5-9(6)2-1-3-10(7,8)4-9/h2*18,20-21H,2-17,19H2,1H3;4H,1-3H2;1-3H2/q;;;-1/p+1. The van der Waals surface area contributed by atoms with Gasteiger partial charge in [-0.25, -0.2) is 43.2 Å². The quantitative estimate of drug-likeness (QED) is 0.0505. The maximum Gasteiger partial charge on any atom is 0.241 e. The van der Waals surface area contributed by atoms with Crippen molar-refractivity contribution in [3.8, 4) is 0 Å². The number of nitrogens with one attached hydrogen (secondary N) is 2. The predicted molar refractivity (Wildman–Crippen MR) is 273 cm³/mol. The number of aromatic amines is 1. The topological polar surface area (TPSA) is 200 Å². The van der Waals surface area contributed by atoms with Crippen molar-refractivity contribution in [2.24, 2.45) is 0 Å². The molecule has 14 nitrogen and oxygen atoms in total. The summed E-state index contributed by atoms with van der Waals surface area (Å²) in [5.41, 5.74) is 0. The molecule has 0 amide bonds. The summed E-state index contributed by atoms with van der Waals surface area (Å²) in [5.74, 6) is -0.475. The maximum atomic E-state index is 10.6. The molecule has 18 heteroatoms. The van der Waals surface area contributed by atoms with Crippen molar-refractivity contribution in [3.05, 3.63) is 41.6 Å². The van der Waals surface area contributed by atoms with Gasteiger partial charge in [-0.2, -0.15) is 0 Å². The Morgan fingerprint density at radius 1 is 0.500 bits per heavy atom. The van der Waals surface area contributed by atoms with Gasteiger partial charge in [-0.3, -0.25) is 4.98 Å². The molecule has 2 saturated heterocycles. The first kappa shape index (κ1) is 62.2. The molecule has 0 aliphatic carbocycles. The number of imidazole rings is 2. The molecule has 2 N–H and O–H groups in total. The highest BCUT2D eigenvalue weighted by Gasteiger charge is 2.25. The lowest BCUT2D eigenvalue weighted by Crippen LogP contribution is -2.39. The lowest BCUT2D eigenvalue weighted by atomic mass is 10.0. The van der Waals surface area contributed by atoms with Gasteiger partial charge >= 0.3 is 0 Å². The van der Waals surface area contributed by atoms with Gasteiger partial charge in [0.2, 0.25) is 26.4 Å². The zero-order valence-electron chi connectivity index (χ0n) is 41.4. The molecule has 2 aromatic rings. The van der Waals surface area contributed by atoms with Crippen LogP contribution in [0.5, 0.6) is 0 Å². The smallest absolute Gasteiger partial charge is 0.241 e. The summed E-state index contributed by atoms with van der Waals surface area (Å²) in [6.07, 6.45) is 58.4. The molecule has 0 bridgehead atoms. The van der Waals surface area contributed by atoms with Gasteiger partial charge < -0.3 is 8.69 Å². The number of nitrogens with zero attached hydrogens (tertiary/aromatic N) is 4. The van der Waals surface area contributed by atoms with Crippen molar-refractivity contribution >= 4 is 40.1 Å². The van der Waals surface area contributed by atoms with E-state index < -0.39 is 40.1 Å². The minimum Gasteiger partial charge on any atom is -0.436 e. The van der Waals surface area contributed by atoms with Crippen LogP contribution in [-0.4, -0.2) is 71.2 Å². The van der Waals surface area contributed by atoms with E-state index in [0.717, 1.165) is 6.54 Å². The monoisotopic (exact) mass is 1010 g/mol. The van der Waals surface area contributed by atoms with Crippen LogP contribution in [-0.2, 0) is 53.2 Å². The first-order valence-corrected chi connectivity index (χ1v) is 32.6. The van der Waals surface area contributed by atoms with Crippen LogP contribution in [0.2, 0.25) is 0 Å². The molecule has 66 heavy (non-hydrogen) atoms. The Kier molecular flexibility index (Phi) is 37.6. The molecular formula is C48H94N6O8S4. The molecule has 2 fully saturated rings. The van der Waals surface area contributed by atoms with Crippen molar-refractivity contribution in [2.45, 2.75) is 245 Å². The third kappa shape index (κ3) is 40.1. The van der Waals surface area contributed by atoms with Gasteiger partial charge in [-0.1, -0.05) is 200 Å². The van der Waals surface area contributed by atoms with Crippen molar-refractivity contribution in [2.75, 3.05) is 23.0 Å². The third-order valence-corrected chi connectivity index (χ3v) is 18.9. The summed E-state index contributed by atoms with van der Waals surface area (Å²) in [7, 11) is -14.4. The number of rotatable bonds is 34. The minimum absolute atomic E-state index is 0.0910. The van der Waals surface area contributed by atoms with E-state index in [1.165, 1.54) is 212 Å². The van der Waals surface area contributed by atoms with Crippen molar-refractivity contribution in [3.63, 3.8) is 0 Å². The fraction of sp³-hybridized carbons (Fsp3) is 0.875. The first-order valence-electron chi connectivity index (χ1n) is 26.1. The molecule has 2 aliphatic rings. The van der Waals surface area contributed by atoms with Crippen molar-refractivity contribution in [1.29, 1.82) is 0 Å². The van der Waals surface area contributed by atoms with Gasteiger partial charge in [-0.05, 0) is 32.1 Å². The van der Waals surface area contributed by atoms with Gasteiger partial charge in [0.05, 0.1) is 44.4 Å². The lowest BCUT2D eigenvalue weighted by Gasteiger charge is -2.25. The van der Waals surface area contributed by atoms with E-state index in [1.54, 1.807) is 4.13 Å².